The van der Waals surface area contributed by atoms with Gasteiger partial charge in [0.05, 0.1) is 16.7 Å². The Hall–Kier alpha value is -1.92. The summed E-state index contributed by atoms with van der Waals surface area (Å²) in [4.78, 5) is 14.7. The Morgan fingerprint density at radius 2 is 2.16 bits per heavy atom. The van der Waals surface area contributed by atoms with Gasteiger partial charge in [0, 0.05) is 19.7 Å². The summed E-state index contributed by atoms with van der Waals surface area (Å²) < 4.78 is 25.1. The Labute approximate surface area is 150 Å². The third-order valence-electron chi connectivity index (χ3n) is 4.41. The second kappa shape index (κ2) is 7.54. The predicted octanol–water partition coefficient (Wildman–Crippen LogP) is 4.08. The van der Waals surface area contributed by atoms with Gasteiger partial charge in [-0.2, -0.15) is 0 Å². The number of ether oxygens (including phenoxy) is 1. The summed E-state index contributed by atoms with van der Waals surface area (Å²) in [7, 11) is 0. The zero-order valence-electron chi connectivity index (χ0n) is 14.2. The summed E-state index contributed by atoms with van der Waals surface area (Å²) in [5, 5.41) is 4.09. The van der Waals surface area contributed by atoms with Crippen molar-refractivity contribution in [1.29, 1.82) is 0 Å². The van der Waals surface area contributed by atoms with Crippen LogP contribution in [0.15, 0.2) is 22.7 Å². The molecule has 0 N–H and O–H groups in total. The standard InChI is InChI=1S/C18H20ClFN2O3/c1-3-24-12-7-9-22(10-8-12)18(23)15-11(2)25-21-17(15)16-13(19)5-4-6-14(16)20/h4-6,12H,3,7-10H2,1-2H3. The van der Waals surface area contributed by atoms with E-state index in [1.165, 1.54) is 12.1 Å². The number of halogens is 2. The molecule has 1 aromatic heterocycles. The number of hydrogen-bond acceptors (Lipinski definition) is 4. The maximum Gasteiger partial charge on any atom is 0.259 e. The van der Waals surface area contributed by atoms with Crippen molar-refractivity contribution in [3.05, 3.63) is 40.4 Å². The Morgan fingerprint density at radius 1 is 1.44 bits per heavy atom. The van der Waals surface area contributed by atoms with E-state index in [-0.39, 0.29) is 33.9 Å². The molecule has 1 fully saturated rings. The van der Waals surface area contributed by atoms with Crippen LogP contribution in [0.1, 0.15) is 35.9 Å². The highest BCUT2D eigenvalue weighted by atomic mass is 35.5. The Kier molecular flexibility index (Phi) is 5.39. The van der Waals surface area contributed by atoms with Gasteiger partial charge in [-0.1, -0.05) is 22.8 Å². The molecule has 3 rings (SSSR count). The molecule has 0 aliphatic carbocycles. The molecule has 134 valence electrons. The van der Waals surface area contributed by atoms with Crippen LogP contribution in [-0.4, -0.2) is 41.8 Å². The van der Waals surface area contributed by atoms with Crippen molar-refractivity contribution in [3.8, 4) is 11.3 Å². The maximum atomic E-state index is 14.3. The van der Waals surface area contributed by atoms with Crippen LogP contribution < -0.4 is 0 Å². The van der Waals surface area contributed by atoms with E-state index in [4.69, 9.17) is 20.9 Å². The van der Waals surface area contributed by atoms with E-state index in [9.17, 15) is 9.18 Å². The van der Waals surface area contributed by atoms with Gasteiger partial charge in [0.15, 0.2) is 0 Å². The minimum absolute atomic E-state index is 0.0913. The van der Waals surface area contributed by atoms with Gasteiger partial charge in [-0.25, -0.2) is 4.39 Å². The van der Waals surface area contributed by atoms with Crippen molar-refractivity contribution in [2.24, 2.45) is 0 Å². The van der Waals surface area contributed by atoms with Crippen molar-refractivity contribution in [2.75, 3.05) is 19.7 Å². The Balaban J connectivity index is 1.89. The lowest BCUT2D eigenvalue weighted by atomic mass is 10.0. The molecule has 2 heterocycles. The monoisotopic (exact) mass is 366 g/mol. The van der Waals surface area contributed by atoms with Gasteiger partial charge in [-0.3, -0.25) is 4.79 Å². The lowest BCUT2D eigenvalue weighted by Gasteiger charge is -2.31. The minimum atomic E-state index is -0.537. The number of nitrogens with zero attached hydrogens (tertiary/aromatic N) is 2. The van der Waals surface area contributed by atoms with E-state index >= 15 is 0 Å². The van der Waals surface area contributed by atoms with Gasteiger partial charge in [-0.05, 0) is 38.8 Å². The quantitative estimate of drug-likeness (QED) is 0.818. The van der Waals surface area contributed by atoms with E-state index in [1.54, 1.807) is 17.9 Å². The predicted molar refractivity (Wildman–Crippen MR) is 92.2 cm³/mol. The van der Waals surface area contributed by atoms with Crippen LogP contribution in [0, 0.1) is 12.7 Å². The van der Waals surface area contributed by atoms with Crippen molar-refractivity contribution < 1.29 is 18.4 Å². The van der Waals surface area contributed by atoms with Gasteiger partial charge < -0.3 is 14.2 Å². The number of aryl methyl sites for hydroxylation is 1. The number of likely N-dealkylation sites (tertiary alicyclic amines) is 1. The summed E-state index contributed by atoms with van der Waals surface area (Å²) in [5.74, 6) is -0.404. The molecule has 1 aliphatic heterocycles. The van der Waals surface area contributed by atoms with Gasteiger partial charge in [0.25, 0.3) is 5.91 Å². The molecule has 7 heteroatoms. The number of amides is 1. The van der Waals surface area contributed by atoms with E-state index in [0.29, 0.717) is 25.5 Å². The van der Waals surface area contributed by atoms with E-state index in [1.807, 2.05) is 6.92 Å². The topological polar surface area (TPSA) is 55.6 Å². The van der Waals surface area contributed by atoms with Crippen molar-refractivity contribution in [1.82, 2.24) is 10.1 Å². The van der Waals surface area contributed by atoms with Gasteiger partial charge in [0.2, 0.25) is 0 Å². The fraction of sp³-hybridized carbons (Fsp3) is 0.444. The molecule has 25 heavy (non-hydrogen) atoms. The molecule has 1 amide bonds. The van der Waals surface area contributed by atoms with Crippen LogP contribution in [0.3, 0.4) is 0 Å². The third-order valence-corrected chi connectivity index (χ3v) is 4.72. The van der Waals surface area contributed by atoms with Crippen LogP contribution >= 0.6 is 11.6 Å². The van der Waals surface area contributed by atoms with Gasteiger partial charge in [0.1, 0.15) is 22.8 Å². The molecule has 0 bridgehead atoms. The molecule has 1 saturated heterocycles. The summed E-state index contributed by atoms with van der Waals surface area (Å²) >= 11 is 6.13. The lowest BCUT2D eigenvalue weighted by molar-refractivity contribution is 0.0146. The number of piperidine rings is 1. The second-order valence-corrected chi connectivity index (χ2v) is 6.41. The lowest BCUT2D eigenvalue weighted by Crippen LogP contribution is -2.41. The zero-order chi connectivity index (χ0) is 18.0. The highest BCUT2D eigenvalue weighted by Crippen LogP contribution is 2.34. The molecule has 2 aromatic rings. The number of hydrogen-bond donors (Lipinski definition) is 0. The number of carbonyl (C=O) groups is 1. The van der Waals surface area contributed by atoms with E-state index in [0.717, 1.165) is 12.8 Å². The first kappa shape index (κ1) is 17.9. The summed E-state index contributed by atoms with van der Waals surface area (Å²) in [5.41, 5.74) is 0.507. The Morgan fingerprint density at radius 3 is 2.80 bits per heavy atom. The number of rotatable bonds is 4. The van der Waals surface area contributed by atoms with Crippen LogP contribution in [-0.2, 0) is 4.74 Å². The smallest absolute Gasteiger partial charge is 0.259 e. The van der Waals surface area contributed by atoms with Crippen molar-refractivity contribution >= 4 is 17.5 Å². The highest BCUT2D eigenvalue weighted by molar-refractivity contribution is 6.33. The average Bonchev–Trinajstić information content (AvgIpc) is 2.96. The van der Waals surface area contributed by atoms with E-state index in [2.05, 4.69) is 5.16 Å². The second-order valence-electron chi connectivity index (χ2n) is 6.01. The summed E-state index contributed by atoms with van der Waals surface area (Å²) in [6.45, 7) is 5.43. The molecule has 1 aromatic carbocycles. The number of benzene rings is 1. The normalized spacial score (nSPS) is 15.6. The van der Waals surface area contributed by atoms with Gasteiger partial charge >= 0.3 is 0 Å². The van der Waals surface area contributed by atoms with Crippen LogP contribution in [0.25, 0.3) is 11.3 Å². The number of aromatic nitrogens is 1. The van der Waals surface area contributed by atoms with Crippen molar-refractivity contribution in [2.45, 2.75) is 32.8 Å². The molecular formula is C18H20ClFN2O3. The zero-order valence-corrected chi connectivity index (χ0v) is 15.0. The highest BCUT2D eigenvalue weighted by Gasteiger charge is 2.31. The number of carbonyl (C=O) groups excluding carboxylic acids is 1. The largest absolute Gasteiger partial charge is 0.378 e. The maximum absolute atomic E-state index is 14.3. The summed E-state index contributed by atoms with van der Waals surface area (Å²) in [6, 6.07) is 4.35. The van der Waals surface area contributed by atoms with Crippen LogP contribution in [0.5, 0.6) is 0 Å². The first-order chi connectivity index (χ1) is 12.0. The molecule has 0 spiro atoms. The third kappa shape index (κ3) is 3.55. The molecule has 1 aliphatic rings. The Bertz CT molecular complexity index is 749. The average molecular weight is 367 g/mol. The molecule has 0 radical (unpaired) electrons. The molecular weight excluding hydrogens is 347 g/mol. The SMILES string of the molecule is CCOC1CCN(C(=O)c2c(-c3c(F)cccc3Cl)noc2C)CC1. The molecule has 5 nitrogen and oxygen atoms in total. The molecule has 0 saturated carbocycles. The van der Waals surface area contributed by atoms with Gasteiger partial charge in [-0.15, -0.1) is 0 Å². The first-order valence-corrected chi connectivity index (χ1v) is 8.72. The first-order valence-electron chi connectivity index (χ1n) is 8.34. The summed E-state index contributed by atoms with van der Waals surface area (Å²) in [6.07, 6.45) is 1.73. The molecule has 0 unspecified atom stereocenters. The van der Waals surface area contributed by atoms with Crippen LogP contribution in [0.2, 0.25) is 5.02 Å². The molecule has 0 atom stereocenters. The fourth-order valence-corrected chi connectivity index (χ4v) is 3.39. The van der Waals surface area contributed by atoms with Crippen LogP contribution in [0.4, 0.5) is 4.39 Å². The fourth-order valence-electron chi connectivity index (χ4n) is 3.14. The minimum Gasteiger partial charge on any atom is -0.378 e. The van der Waals surface area contributed by atoms with E-state index < -0.39 is 5.82 Å². The van der Waals surface area contributed by atoms with Crippen molar-refractivity contribution in [3.63, 3.8) is 0 Å².